The van der Waals surface area contributed by atoms with Crippen LogP contribution in [0.5, 0.6) is 0 Å². The van der Waals surface area contributed by atoms with E-state index in [-0.39, 0.29) is 12.5 Å². The molecule has 1 aromatic carbocycles. The zero-order valence-corrected chi connectivity index (χ0v) is 15.6. The maximum Gasteiger partial charge on any atom is 0.325 e. The van der Waals surface area contributed by atoms with Crippen molar-refractivity contribution in [1.29, 1.82) is 0 Å². The van der Waals surface area contributed by atoms with Crippen molar-refractivity contribution in [1.82, 2.24) is 15.2 Å². The Morgan fingerprint density at radius 3 is 2.62 bits per heavy atom. The molecule has 4 amide bonds. The number of urea groups is 1. The smallest absolute Gasteiger partial charge is 0.319 e. The fourth-order valence-corrected chi connectivity index (χ4v) is 3.61. The minimum absolute atomic E-state index is 0.259. The number of hydrogen-bond donors (Lipinski definition) is 2. The zero-order valence-electron chi connectivity index (χ0n) is 14.8. The number of anilines is 1. The quantitative estimate of drug-likeness (QED) is 0.790. The number of aromatic nitrogens is 1. The summed E-state index contributed by atoms with van der Waals surface area (Å²) in [6.45, 7) is 5.30. The maximum absolute atomic E-state index is 12.8. The predicted molar refractivity (Wildman–Crippen MR) is 98.9 cm³/mol. The molecule has 0 saturated carbocycles. The molecule has 0 spiro atoms. The van der Waals surface area contributed by atoms with E-state index in [1.807, 2.05) is 25.3 Å². The summed E-state index contributed by atoms with van der Waals surface area (Å²) >= 11 is 1.32. The summed E-state index contributed by atoms with van der Waals surface area (Å²) in [5.74, 6) is -0.657. The molecule has 1 aliphatic heterocycles. The van der Waals surface area contributed by atoms with E-state index in [4.69, 9.17) is 0 Å². The Kier molecular flexibility index (Phi) is 4.78. The molecule has 0 bridgehead atoms. The summed E-state index contributed by atoms with van der Waals surface area (Å²) in [4.78, 5) is 42.5. The van der Waals surface area contributed by atoms with E-state index in [2.05, 4.69) is 15.6 Å². The van der Waals surface area contributed by atoms with Gasteiger partial charge in [0.1, 0.15) is 12.1 Å². The first-order valence-electron chi connectivity index (χ1n) is 8.26. The predicted octanol–water partition coefficient (Wildman–Crippen LogP) is 2.67. The molecule has 2 N–H and O–H groups in total. The Labute approximate surface area is 155 Å². The molecule has 2 aromatic rings. The lowest BCUT2D eigenvalue weighted by atomic mass is 9.92. The maximum atomic E-state index is 12.8. The average Bonchev–Trinajstić information content (AvgIpc) is 3.15. The van der Waals surface area contributed by atoms with E-state index in [9.17, 15) is 14.4 Å². The van der Waals surface area contributed by atoms with Crippen LogP contribution >= 0.6 is 11.3 Å². The minimum Gasteiger partial charge on any atom is -0.319 e. The summed E-state index contributed by atoms with van der Waals surface area (Å²) in [7, 11) is 0. The van der Waals surface area contributed by atoms with Crippen molar-refractivity contribution in [3.8, 4) is 0 Å². The van der Waals surface area contributed by atoms with Crippen molar-refractivity contribution >= 4 is 34.3 Å². The number of rotatable bonds is 5. The Morgan fingerprint density at radius 2 is 2.00 bits per heavy atom. The van der Waals surface area contributed by atoms with Crippen LogP contribution in [0.15, 0.2) is 35.7 Å². The Hall–Kier alpha value is -2.74. The molecule has 1 fully saturated rings. The normalized spacial score (nSPS) is 19.8. The SMILES string of the molecule is CC(C)c1csc(NC(=O)CN2C(=O)NC(C)(c3ccccc3)C2=O)n1. The number of nitrogens with zero attached hydrogens (tertiary/aromatic N) is 2. The third-order valence-corrected chi connectivity index (χ3v) is 5.06. The van der Waals surface area contributed by atoms with Crippen LogP contribution in [-0.4, -0.2) is 34.3 Å². The number of imide groups is 1. The van der Waals surface area contributed by atoms with Crippen LogP contribution in [0, 0.1) is 0 Å². The summed E-state index contributed by atoms with van der Waals surface area (Å²) < 4.78 is 0. The standard InChI is InChI=1S/C18H20N4O3S/c1-11(2)13-10-26-16(19-13)20-14(23)9-22-15(24)18(3,21-17(22)25)12-7-5-4-6-8-12/h4-8,10-11H,9H2,1-3H3,(H,21,25)(H,19,20,23). The molecule has 1 saturated heterocycles. The van der Waals surface area contributed by atoms with E-state index in [0.717, 1.165) is 10.6 Å². The van der Waals surface area contributed by atoms with Gasteiger partial charge in [0.25, 0.3) is 5.91 Å². The fourth-order valence-electron chi connectivity index (χ4n) is 2.72. The van der Waals surface area contributed by atoms with Crippen LogP contribution in [-0.2, 0) is 15.1 Å². The van der Waals surface area contributed by atoms with Gasteiger partial charge in [-0.25, -0.2) is 9.78 Å². The van der Waals surface area contributed by atoms with Crippen molar-refractivity contribution in [2.45, 2.75) is 32.2 Å². The zero-order chi connectivity index (χ0) is 18.9. The lowest BCUT2D eigenvalue weighted by Crippen LogP contribution is -2.42. The van der Waals surface area contributed by atoms with Crippen molar-refractivity contribution < 1.29 is 14.4 Å². The number of amides is 4. The Balaban J connectivity index is 1.70. The highest BCUT2D eigenvalue weighted by Gasteiger charge is 2.49. The molecule has 136 valence electrons. The van der Waals surface area contributed by atoms with Crippen LogP contribution in [0.2, 0.25) is 0 Å². The molecule has 0 radical (unpaired) electrons. The minimum atomic E-state index is -1.18. The van der Waals surface area contributed by atoms with Gasteiger partial charge >= 0.3 is 6.03 Å². The van der Waals surface area contributed by atoms with Gasteiger partial charge in [-0.1, -0.05) is 44.2 Å². The van der Waals surface area contributed by atoms with Crippen molar-refractivity contribution in [2.75, 3.05) is 11.9 Å². The van der Waals surface area contributed by atoms with Gasteiger partial charge in [0.15, 0.2) is 5.13 Å². The highest BCUT2D eigenvalue weighted by Crippen LogP contribution is 2.28. The second kappa shape index (κ2) is 6.87. The van der Waals surface area contributed by atoms with Crippen LogP contribution in [0.3, 0.4) is 0 Å². The topological polar surface area (TPSA) is 91.4 Å². The molecule has 7 nitrogen and oxygen atoms in total. The molecular weight excluding hydrogens is 352 g/mol. The number of nitrogens with one attached hydrogen (secondary N) is 2. The van der Waals surface area contributed by atoms with Gasteiger partial charge in [-0.3, -0.25) is 14.5 Å². The third kappa shape index (κ3) is 3.32. The number of carbonyl (C=O) groups is 3. The van der Waals surface area contributed by atoms with Gasteiger partial charge in [0.2, 0.25) is 5.91 Å². The first-order chi connectivity index (χ1) is 12.3. The Bertz CT molecular complexity index is 849. The summed E-state index contributed by atoms with van der Waals surface area (Å²) in [5, 5.41) is 7.66. The number of carbonyl (C=O) groups excluding carboxylic acids is 3. The lowest BCUT2D eigenvalue weighted by molar-refractivity contribution is -0.133. The van der Waals surface area contributed by atoms with Gasteiger partial charge in [0.05, 0.1) is 5.69 Å². The van der Waals surface area contributed by atoms with E-state index < -0.39 is 23.4 Å². The number of benzene rings is 1. The van der Waals surface area contributed by atoms with Crippen molar-refractivity contribution in [3.05, 3.63) is 47.0 Å². The molecule has 1 aromatic heterocycles. The van der Waals surface area contributed by atoms with Crippen molar-refractivity contribution in [2.24, 2.45) is 0 Å². The lowest BCUT2D eigenvalue weighted by Gasteiger charge is -2.21. The number of thiazole rings is 1. The monoisotopic (exact) mass is 372 g/mol. The second-order valence-electron chi connectivity index (χ2n) is 6.59. The van der Waals surface area contributed by atoms with Gasteiger partial charge in [0, 0.05) is 5.38 Å². The molecule has 1 aliphatic rings. The molecule has 1 unspecified atom stereocenters. The summed E-state index contributed by atoms with van der Waals surface area (Å²) in [5.41, 5.74) is 0.379. The molecule has 26 heavy (non-hydrogen) atoms. The first-order valence-corrected chi connectivity index (χ1v) is 9.14. The second-order valence-corrected chi connectivity index (χ2v) is 7.45. The number of hydrogen-bond acceptors (Lipinski definition) is 5. The highest BCUT2D eigenvalue weighted by atomic mass is 32.1. The summed E-state index contributed by atoms with van der Waals surface area (Å²) in [6.07, 6.45) is 0. The highest BCUT2D eigenvalue weighted by molar-refractivity contribution is 7.13. The molecule has 3 rings (SSSR count). The molecular formula is C18H20N4O3S. The van der Waals surface area contributed by atoms with Crippen LogP contribution in [0.1, 0.15) is 37.9 Å². The van der Waals surface area contributed by atoms with Crippen LogP contribution in [0.25, 0.3) is 0 Å². The van der Waals surface area contributed by atoms with E-state index in [1.165, 1.54) is 11.3 Å². The van der Waals surface area contributed by atoms with E-state index >= 15 is 0 Å². The Morgan fingerprint density at radius 1 is 1.31 bits per heavy atom. The first kappa shape index (κ1) is 18.1. The van der Waals surface area contributed by atoms with E-state index in [1.54, 1.807) is 31.2 Å². The van der Waals surface area contributed by atoms with Gasteiger partial charge in [-0.05, 0) is 18.4 Å². The van der Waals surface area contributed by atoms with Gasteiger partial charge < -0.3 is 10.6 Å². The van der Waals surface area contributed by atoms with Gasteiger partial charge in [-0.2, -0.15) is 0 Å². The van der Waals surface area contributed by atoms with E-state index in [0.29, 0.717) is 10.7 Å². The molecule has 8 heteroatoms. The van der Waals surface area contributed by atoms with Gasteiger partial charge in [-0.15, -0.1) is 11.3 Å². The fraction of sp³-hybridized carbons (Fsp3) is 0.333. The van der Waals surface area contributed by atoms with Crippen LogP contribution < -0.4 is 10.6 Å². The van der Waals surface area contributed by atoms with Crippen molar-refractivity contribution in [3.63, 3.8) is 0 Å². The largest absolute Gasteiger partial charge is 0.325 e. The average molecular weight is 372 g/mol. The molecule has 2 heterocycles. The molecule has 1 atom stereocenters. The molecule has 0 aliphatic carbocycles. The third-order valence-electron chi connectivity index (χ3n) is 4.29. The van der Waals surface area contributed by atoms with Crippen LogP contribution in [0.4, 0.5) is 9.93 Å². The summed E-state index contributed by atoms with van der Waals surface area (Å²) in [6, 6.07) is 8.38.